The van der Waals surface area contributed by atoms with Gasteiger partial charge in [0.25, 0.3) is 0 Å². The largest absolute Gasteiger partial charge is 0.444 e. The highest BCUT2D eigenvalue weighted by Gasteiger charge is 2.26. The third-order valence-corrected chi connectivity index (χ3v) is 6.14. The number of hydrogen-bond donors (Lipinski definition) is 2. The minimum Gasteiger partial charge on any atom is -0.444 e. The molecule has 0 aromatic carbocycles. The Balaban J connectivity index is 1.39. The Hall–Kier alpha value is -3.30. The number of amides is 2. The normalized spacial score (nSPS) is 20.9. The van der Waals surface area contributed by atoms with E-state index in [1.807, 2.05) is 20.8 Å². The Bertz CT molecular complexity index is 1070. The Morgan fingerprint density at radius 3 is 2.60 bits per heavy atom. The van der Waals surface area contributed by atoms with Gasteiger partial charge in [-0.15, -0.1) is 0 Å². The number of nitrogens with zero attached hydrogens (tertiary/aromatic N) is 4. The lowest BCUT2D eigenvalue weighted by atomic mass is 9.91. The van der Waals surface area contributed by atoms with E-state index in [-0.39, 0.29) is 23.7 Å². The van der Waals surface area contributed by atoms with Gasteiger partial charge in [-0.25, -0.2) is 24.1 Å². The maximum Gasteiger partial charge on any atom is 0.407 e. The van der Waals surface area contributed by atoms with Crippen LogP contribution in [0.5, 0.6) is 0 Å². The van der Waals surface area contributed by atoms with Gasteiger partial charge in [-0.3, -0.25) is 9.69 Å². The molecule has 2 amide bonds. The van der Waals surface area contributed by atoms with Crippen LogP contribution in [0.15, 0.2) is 24.5 Å². The predicted octanol–water partition coefficient (Wildman–Crippen LogP) is 4.44. The maximum atomic E-state index is 14.7. The summed E-state index contributed by atoms with van der Waals surface area (Å²) in [5.74, 6) is 0.346. The monoisotopic (exact) mass is 484 g/mol. The maximum absolute atomic E-state index is 14.7. The minimum absolute atomic E-state index is 0.0307. The number of hydrogen-bond acceptors (Lipinski definition) is 7. The van der Waals surface area contributed by atoms with E-state index < -0.39 is 17.5 Å². The van der Waals surface area contributed by atoms with Crippen LogP contribution in [0.4, 0.5) is 21.0 Å². The van der Waals surface area contributed by atoms with Gasteiger partial charge in [0.1, 0.15) is 17.1 Å². The SMILES string of the molecule is CC(C)(C)OC(=O)NC1CCC(Nc2ncc(F)c(-c3ccnc(N4CCCCC4=O)c3)n2)CC1. The molecule has 1 aliphatic carbocycles. The van der Waals surface area contributed by atoms with Gasteiger partial charge in [-0.05, 0) is 71.4 Å². The molecule has 2 aromatic heterocycles. The van der Waals surface area contributed by atoms with Gasteiger partial charge >= 0.3 is 6.09 Å². The molecule has 2 fully saturated rings. The summed E-state index contributed by atoms with van der Waals surface area (Å²) in [4.78, 5) is 38.8. The van der Waals surface area contributed by atoms with Crippen LogP contribution in [0.25, 0.3) is 11.3 Å². The van der Waals surface area contributed by atoms with Crippen LogP contribution in [-0.2, 0) is 9.53 Å². The fourth-order valence-corrected chi connectivity index (χ4v) is 4.44. The zero-order chi connectivity index (χ0) is 25.0. The van der Waals surface area contributed by atoms with Crippen LogP contribution in [0.2, 0.25) is 0 Å². The number of piperidine rings is 1. The van der Waals surface area contributed by atoms with Crippen molar-refractivity contribution >= 4 is 23.8 Å². The van der Waals surface area contributed by atoms with Crippen LogP contribution < -0.4 is 15.5 Å². The molecule has 2 aromatic rings. The molecule has 1 saturated heterocycles. The van der Waals surface area contributed by atoms with Crippen molar-refractivity contribution in [3.05, 3.63) is 30.3 Å². The number of carbonyl (C=O) groups is 2. The molecule has 4 rings (SSSR count). The average molecular weight is 485 g/mol. The number of carbonyl (C=O) groups excluding carboxylic acids is 2. The number of anilines is 2. The molecule has 2 aliphatic rings. The van der Waals surface area contributed by atoms with Crippen LogP contribution >= 0.6 is 0 Å². The van der Waals surface area contributed by atoms with Crippen molar-refractivity contribution in [2.24, 2.45) is 0 Å². The van der Waals surface area contributed by atoms with Crippen molar-refractivity contribution in [1.82, 2.24) is 20.3 Å². The molecule has 1 aliphatic heterocycles. The molecule has 9 nitrogen and oxygen atoms in total. The van der Waals surface area contributed by atoms with Gasteiger partial charge in [-0.1, -0.05) is 0 Å². The Kier molecular flexibility index (Phi) is 7.47. The summed E-state index contributed by atoms with van der Waals surface area (Å²) in [6, 6.07) is 3.55. The fraction of sp³-hybridized carbons (Fsp3) is 0.560. The van der Waals surface area contributed by atoms with Gasteiger partial charge in [0.15, 0.2) is 5.82 Å². The van der Waals surface area contributed by atoms with Crippen LogP contribution in [0.3, 0.4) is 0 Å². The van der Waals surface area contributed by atoms with Gasteiger partial charge in [0.2, 0.25) is 11.9 Å². The number of halogens is 1. The third kappa shape index (κ3) is 6.64. The van der Waals surface area contributed by atoms with Crippen LogP contribution in [0.1, 0.15) is 65.7 Å². The van der Waals surface area contributed by atoms with Crippen molar-refractivity contribution in [1.29, 1.82) is 0 Å². The van der Waals surface area contributed by atoms with E-state index in [9.17, 15) is 14.0 Å². The van der Waals surface area contributed by atoms with E-state index in [4.69, 9.17) is 4.74 Å². The number of nitrogens with one attached hydrogen (secondary N) is 2. The molecular weight excluding hydrogens is 451 g/mol. The van der Waals surface area contributed by atoms with E-state index in [0.717, 1.165) is 44.7 Å². The van der Waals surface area contributed by atoms with E-state index in [2.05, 4.69) is 25.6 Å². The number of pyridine rings is 1. The summed E-state index contributed by atoms with van der Waals surface area (Å²) >= 11 is 0. The van der Waals surface area contributed by atoms with E-state index in [1.54, 1.807) is 23.2 Å². The van der Waals surface area contributed by atoms with Gasteiger partial charge in [0, 0.05) is 36.8 Å². The lowest BCUT2D eigenvalue weighted by Gasteiger charge is -2.30. The summed E-state index contributed by atoms with van der Waals surface area (Å²) in [6.07, 6.45) is 7.84. The molecular formula is C25H33FN6O3. The Morgan fingerprint density at radius 1 is 1.14 bits per heavy atom. The Morgan fingerprint density at radius 2 is 1.89 bits per heavy atom. The second-order valence-corrected chi connectivity index (χ2v) is 10.1. The quantitative estimate of drug-likeness (QED) is 0.646. The number of rotatable bonds is 5. The number of aromatic nitrogens is 3. The molecule has 2 N–H and O–H groups in total. The first-order chi connectivity index (χ1) is 16.7. The van der Waals surface area contributed by atoms with E-state index >= 15 is 0 Å². The number of alkyl carbamates (subject to hydrolysis) is 1. The molecule has 0 atom stereocenters. The number of ether oxygens (including phenoxy) is 1. The van der Waals surface area contributed by atoms with E-state index in [0.29, 0.717) is 30.3 Å². The average Bonchev–Trinajstić information content (AvgIpc) is 2.81. The molecule has 3 heterocycles. The first-order valence-electron chi connectivity index (χ1n) is 12.2. The highest BCUT2D eigenvalue weighted by Crippen LogP contribution is 2.27. The zero-order valence-corrected chi connectivity index (χ0v) is 20.5. The first kappa shape index (κ1) is 24.8. The van der Waals surface area contributed by atoms with Crippen molar-refractivity contribution < 1.29 is 18.7 Å². The molecule has 0 radical (unpaired) electrons. The fourth-order valence-electron chi connectivity index (χ4n) is 4.44. The van der Waals surface area contributed by atoms with Crippen molar-refractivity contribution in [3.63, 3.8) is 0 Å². The lowest BCUT2D eigenvalue weighted by Crippen LogP contribution is -2.42. The van der Waals surface area contributed by atoms with Crippen LogP contribution in [-0.4, -0.2) is 51.2 Å². The predicted molar refractivity (Wildman–Crippen MR) is 130 cm³/mol. The van der Waals surface area contributed by atoms with Crippen molar-refractivity contribution in [3.8, 4) is 11.3 Å². The Labute approximate surface area is 204 Å². The molecule has 1 saturated carbocycles. The summed E-state index contributed by atoms with van der Waals surface area (Å²) < 4.78 is 20.0. The summed E-state index contributed by atoms with van der Waals surface area (Å²) in [5, 5.41) is 6.23. The lowest BCUT2D eigenvalue weighted by molar-refractivity contribution is -0.119. The van der Waals surface area contributed by atoms with Gasteiger partial charge in [0.05, 0.1) is 6.20 Å². The van der Waals surface area contributed by atoms with Crippen molar-refractivity contribution in [2.75, 3.05) is 16.8 Å². The molecule has 0 unspecified atom stereocenters. The highest BCUT2D eigenvalue weighted by atomic mass is 19.1. The molecule has 188 valence electrons. The topological polar surface area (TPSA) is 109 Å². The second kappa shape index (κ2) is 10.5. The third-order valence-electron chi connectivity index (χ3n) is 6.14. The van der Waals surface area contributed by atoms with Gasteiger partial charge in [-0.2, -0.15) is 0 Å². The molecule has 0 spiro atoms. The highest BCUT2D eigenvalue weighted by molar-refractivity contribution is 5.93. The van der Waals surface area contributed by atoms with E-state index in [1.165, 1.54) is 0 Å². The van der Waals surface area contributed by atoms with Gasteiger partial charge < -0.3 is 15.4 Å². The van der Waals surface area contributed by atoms with Crippen LogP contribution in [0, 0.1) is 5.82 Å². The summed E-state index contributed by atoms with van der Waals surface area (Å²) in [7, 11) is 0. The molecule has 35 heavy (non-hydrogen) atoms. The minimum atomic E-state index is -0.539. The second-order valence-electron chi connectivity index (χ2n) is 10.1. The molecule has 10 heteroatoms. The standard InChI is InChI=1S/C25H33FN6O3/c1-25(2,3)35-24(34)30-18-9-7-17(8-10-18)29-23-28-15-19(26)22(31-23)16-11-12-27-20(14-16)32-13-5-4-6-21(32)33/h11-12,14-15,17-18H,4-10,13H2,1-3H3,(H,30,34)(H,28,29,31). The first-order valence-corrected chi connectivity index (χ1v) is 12.2. The summed E-state index contributed by atoms with van der Waals surface area (Å²) in [6.45, 7) is 6.12. The van der Waals surface area contributed by atoms with Crippen molar-refractivity contribution in [2.45, 2.75) is 83.4 Å². The summed E-state index contributed by atoms with van der Waals surface area (Å²) in [5.41, 5.74) is 0.178. The zero-order valence-electron chi connectivity index (χ0n) is 20.5. The molecule has 0 bridgehead atoms. The smallest absolute Gasteiger partial charge is 0.407 e.